The summed E-state index contributed by atoms with van der Waals surface area (Å²) in [6, 6.07) is 0.173. The van der Waals surface area contributed by atoms with E-state index in [9.17, 15) is 0 Å². The molecule has 0 spiro atoms. The molecule has 0 fully saturated rings. The van der Waals surface area contributed by atoms with E-state index < -0.39 is 0 Å². The van der Waals surface area contributed by atoms with E-state index >= 15 is 0 Å². The molecule has 66 valence electrons. The first-order valence-corrected chi connectivity index (χ1v) is 4.01. The van der Waals surface area contributed by atoms with Gasteiger partial charge in [-0.15, -0.1) is 6.58 Å². The highest BCUT2D eigenvalue weighted by Gasteiger charge is 1.98. The van der Waals surface area contributed by atoms with Crippen LogP contribution in [0.25, 0.3) is 0 Å². The number of hydrazine groups is 1. The van der Waals surface area contributed by atoms with Gasteiger partial charge in [0.1, 0.15) is 0 Å². The fourth-order valence-electron chi connectivity index (χ4n) is 0.726. The maximum Gasteiger partial charge on any atom is 0.0484 e. The standard InChI is InChI=1S/C8H18N2O/c1-3-6-11-7-5-8(4-2)10-9/h4,8,10H,2-3,5-7,9H2,1H3. The van der Waals surface area contributed by atoms with Crippen LogP contribution in [0, 0.1) is 0 Å². The third-order valence-corrected chi connectivity index (χ3v) is 1.42. The van der Waals surface area contributed by atoms with Gasteiger partial charge in [0.05, 0.1) is 0 Å². The van der Waals surface area contributed by atoms with Crippen LogP contribution in [0.5, 0.6) is 0 Å². The van der Waals surface area contributed by atoms with Crippen LogP contribution >= 0.6 is 0 Å². The van der Waals surface area contributed by atoms with E-state index in [1.165, 1.54) is 0 Å². The van der Waals surface area contributed by atoms with Crippen LogP contribution in [-0.2, 0) is 4.74 Å². The van der Waals surface area contributed by atoms with Gasteiger partial charge in [0.25, 0.3) is 0 Å². The smallest absolute Gasteiger partial charge is 0.0484 e. The minimum absolute atomic E-state index is 0.173. The molecule has 0 aliphatic carbocycles. The van der Waals surface area contributed by atoms with Crippen molar-refractivity contribution in [1.29, 1.82) is 0 Å². The lowest BCUT2D eigenvalue weighted by molar-refractivity contribution is 0.128. The Kier molecular flexibility index (Phi) is 7.46. The van der Waals surface area contributed by atoms with Crippen molar-refractivity contribution in [1.82, 2.24) is 5.43 Å². The van der Waals surface area contributed by atoms with Crippen LogP contribution in [0.15, 0.2) is 12.7 Å². The zero-order chi connectivity index (χ0) is 8.53. The van der Waals surface area contributed by atoms with Crippen molar-refractivity contribution >= 4 is 0 Å². The maximum absolute atomic E-state index is 5.27. The molecule has 3 heteroatoms. The van der Waals surface area contributed by atoms with E-state index in [0.29, 0.717) is 0 Å². The van der Waals surface area contributed by atoms with Gasteiger partial charge in [0.2, 0.25) is 0 Å². The van der Waals surface area contributed by atoms with E-state index in [1.54, 1.807) is 6.08 Å². The molecular weight excluding hydrogens is 140 g/mol. The van der Waals surface area contributed by atoms with Crippen LogP contribution in [0.2, 0.25) is 0 Å². The minimum Gasteiger partial charge on any atom is -0.381 e. The molecule has 0 aliphatic heterocycles. The molecule has 3 nitrogen and oxygen atoms in total. The fraction of sp³-hybridized carbons (Fsp3) is 0.750. The van der Waals surface area contributed by atoms with Crippen LogP contribution < -0.4 is 11.3 Å². The molecule has 1 unspecified atom stereocenters. The van der Waals surface area contributed by atoms with Gasteiger partial charge in [-0.3, -0.25) is 11.3 Å². The lowest BCUT2D eigenvalue weighted by Crippen LogP contribution is -2.34. The Labute approximate surface area is 68.6 Å². The summed E-state index contributed by atoms with van der Waals surface area (Å²) in [6.45, 7) is 7.29. The van der Waals surface area contributed by atoms with Gasteiger partial charge in [0.15, 0.2) is 0 Å². The predicted molar refractivity (Wildman–Crippen MR) is 47.0 cm³/mol. The number of nitrogens with two attached hydrogens (primary N) is 1. The molecule has 0 rings (SSSR count). The van der Waals surface area contributed by atoms with Gasteiger partial charge in [-0.1, -0.05) is 13.0 Å². The first kappa shape index (κ1) is 10.6. The third kappa shape index (κ3) is 6.04. The summed E-state index contributed by atoms with van der Waals surface area (Å²) in [5, 5.41) is 0. The molecule has 0 aliphatic rings. The van der Waals surface area contributed by atoms with Crippen molar-refractivity contribution in [2.24, 2.45) is 5.84 Å². The van der Waals surface area contributed by atoms with Crippen molar-refractivity contribution in [3.05, 3.63) is 12.7 Å². The van der Waals surface area contributed by atoms with Crippen molar-refractivity contribution in [3.63, 3.8) is 0 Å². The molecule has 0 heterocycles. The van der Waals surface area contributed by atoms with Gasteiger partial charge in [-0.2, -0.15) is 0 Å². The highest BCUT2D eigenvalue weighted by atomic mass is 16.5. The molecule has 11 heavy (non-hydrogen) atoms. The zero-order valence-electron chi connectivity index (χ0n) is 7.18. The molecule has 0 saturated carbocycles. The first-order chi connectivity index (χ1) is 5.35. The minimum atomic E-state index is 0.173. The molecule has 0 saturated heterocycles. The van der Waals surface area contributed by atoms with E-state index in [-0.39, 0.29) is 6.04 Å². The number of hydrogen-bond donors (Lipinski definition) is 2. The SMILES string of the molecule is C=CC(CCOCCC)NN. The summed E-state index contributed by atoms with van der Waals surface area (Å²) < 4.78 is 5.27. The predicted octanol–water partition coefficient (Wildman–Crippen LogP) is 0.821. The van der Waals surface area contributed by atoms with Crippen molar-refractivity contribution < 1.29 is 4.74 Å². The molecule has 0 radical (unpaired) electrons. The monoisotopic (exact) mass is 158 g/mol. The molecule has 0 aromatic heterocycles. The highest BCUT2D eigenvalue weighted by Crippen LogP contribution is 1.92. The second kappa shape index (κ2) is 7.72. The largest absolute Gasteiger partial charge is 0.381 e. The average molecular weight is 158 g/mol. The Morgan fingerprint density at radius 2 is 2.36 bits per heavy atom. The fourth-order valence-corrected chi connectivity index (χ4v) is 0.726. The maximum atomic E-state index is 5.27. The molecule has 0 bridgehead atoms. The van der Waals surface area contributed by atoms with Crippen LogP contribution in [0.4, 0.5) is 0 Å². The summed E-state index contributed by atoms with van der Waals surface area (Å²) >= 11 is 0. The molecule has 0 aromatic carbocycles. The number of ether oxygens (including phenoxy) is 1. The molecule has 0 aromatic rings. The van der Waals surface area contributed by atoms with Gasteiger partial charge in [-0.05, 0) is 12.8 Å². The number of hydrogen-bond acceptors (Lipinski definition) is 3. The number of rotatable bonds is 7. The quantitative estimate of drug-likeness (QED) is 0.249. The van der Waals surface area contributed by atoms with Crippen molar-refractivity contribution in [2.45, 2.75) is 25.8 Å². The molecule has 3 N–H and O–H groups in total. The normalized spacial score (nSPS) is 12.9. The Balaban J connectivity index is 3.14. The molecule has 1 atom stereocenters. The second-order valence-corrected chi connectivity index (χ2v) is 2.41. The summed E-state index contributed by atoms with van der Waals surface area (Å²) in [6.07, 6.45) is 3.74. The van der Waals surface area contributed by atoms with E-state index in [1.807, 2.05) is 0 Å². The summed E-state index contributed by atoms with van der Waals surface area (Å²) in [5.41, 5.74) is 2.63. The highest BCUT2D eigenvalue weighted by molar-refractivity contribution is 4.83. The summed E-state index contributed by atoms with van der Waals surface area (Å²) in [7, 11) is 0. The molecular formula is C8H18N2O. The Morgan fingerprint density at radius 3 is 2.82 bits per heavy atom. The lowest BCUT2D eigenvalue weighted by Gasteiger charge is -2.10. The lowest BCUT2D eigenvalue weighted by atomic mass is 10.2. The Bertz CT molecular complexity index is 96.1. The van der Waals surface area contributed by atoms with Crippen molar-refractivity contribution in [3.8, 4) is 0 Å². The summed E-state index contributed by atoms with van der Waals surface area (Å²) in [4.78, 5) is 0. The topological polar surface area (TPSA) is 47.3 Å². The van der Waals surface area contributed by atoms with Gasteiger partial charge < -0.3 is 4.74 Å². The first-order valence-electron chi connectivity index (χ1n) is 4.01. The summed E-state index contributed by atoms with van der Waals surface area (Å²) in [5.74, 6) is 5.22. The van der Waals surface area contributed by atoms with Gasteiger partial charge in [-0.25, -0.2) is 0 Å². The van der Waals surface area contributed by atoms with E-state index in [2.05, 4.69) is 18.9 Å². The van der Waals surface area contributed by atoms with Crippen LogP contribution in [0.1, 0.15) is 19.8 Å². The molecule has 0 amide bonds. The average Bonchev–Trinajstić information content (AvgIpc) is 2.05. The van der Waals surface area contributed by atoms with E-state index in [4.69, 9.17) is 10.6 Å². The van der Waals surface area contributed by atoms with Crippen molar-refractivity contribution in [2.75, 3.05) is 13.2 Å². The third-order valence-electron chi connectivity index (χ3n) is 1.42. The Hall–Kier alpha value is -0.380. The Morgan fingerprint density at radius 1 is 1.64 bits per heavy atom. The van der Waals surface area contributed by atoms with E-state index in [0.717, 1.165) is 26.1 Å². The number of nitrogens with one attached hydrogen (secondary N) is 1. The van der Waals surface area contributed by atoms with Crippen LogP contribution in [-0.4, -0.2) is 19.3 Å². The van der Waals surface area contributed by atoms with Crippen LogP contribution in [0.3, 0.4) is 0 Å². The van der Waals surface area contributed by atoms with Gasteiger partial charge in [0, 0.05) is 19.3 Å². The van der Waals surface area contributed by atoms with Gasteiger partial charge >= 0.3 is 0 Å². The second-order valence-electron chi connectivity index (χ2n) is 2.41. The zero-order valence-corrected chi connectivity index (χ0v) is 7.18.